The van der Waals surface area contributed by atoms with Crippen LogP contribution in [-0.2, 0) is 11.3 Å². The van der Waals surface area contributed by atoms with Crippen LogP contribution in [0.3, 0.4) is 0 Å². The quantitative estimate of drug-likeness (QED) is 0.483. The lowest BCUT2D eigenvalue weighted by molar-refractivity contribution is -0.132. The molecular weight excluding hydrogens is 442 g/mol. The number of carbonyl (C=O) groups is 1. The number of aromatic amines is 1. The first-order valence-electron chi connectivity index (χ1n) is 10.3. The van der Waals surface area contributed by atoms with Crippen molar-refractivity contribution < 1.29 is 9.53 Å². The third-order valence-corrected chi connectivity index (χ3v) is 5.96. The Morgan fingerprint density at radius 3 is 2.70 bits per heavy atom. The number of methoxy groups -OCH3 is 1. The molecule has 1 saturated heterocycles. The number of rotatable bonds is 5. The number of piperazine rings is 1. The number of amides is 1. The monoisotopic (exact) mass is 467 g/mol. The zero-order valence-corrected chi connectivity index (χ0v) is 18.3. The number of carbonyl (C=O) groups excluding carboxylic acids is 1. The van der Waals surface area contributed by atoms with Gasteiger partial charge in [-0.25, -0.2) is 14.6 Å². The Labute approximate surface area is 197 Å². The maximum absolute atomic E-state index is 13.1. The van der Waals surface area contributed by atoms with Crippen LogP contribution in [0.2, 0.25) is 5.02 Å². The maximum atomic E-state index is 13.1. The van der Waals surface area contributed by atoms with Crippen molar-refractivity contribution in [1.82, 2.24) is 29.6 Å². The Bertz CT molecular complexity index is 1250. The topological polar surface area (TPSA) is 92.2 Å². The molecule has 33 heavy (non-hydrogen) atoms. The van der Waals surface area contributed by atoms with E-state index in [-0.39, 0.29) is 19.9 Å². The van der Waals surface area contributed by atoms with Crippen molar-refractivity contribution >= 4 is 34.2 Å². The summed E-state index contributed by atoms with van der Waals surface area (Å²) >= 11 is 6.14. The summed E-state index contributed by atoms with van der Waals surface area (Å²) in [6.45, 7) is 2.84. The molecule has 172 valence electrons. The second kappa shape index (κ2) is 9.50. The number of imidazole rings is 1. The van der Waals surface area contributed by atoms with Crippen molar-refractivity contribution in [3.8, 4) is 17.3 Å². The number of anilines is 1. The van der Waals surface area contributed by atoms with Crippen LogP contribution >= 0.6 is 11.6 Å². The van der Waals surface area contributed by atoms with Gasteiger partial charge in [0.15, 0.2) is 11.5 Å². The van der Waals surface area contributed by atoms with Gasteiger partial charge in [0.1, 0.15) is 18.0 Å². The minimum Gasteiger partial charge on any atom is -0.495 e. The number of nitrogens with zero attached hydrogens (tertiary/aromatic N) is 6. The number of pyridine rings is 1. The number of hydrogen-bond donors (Lipinski definition) is 1. The standard InChI is InChI=1S/C22H22ClN7O2.CH4/c1-32-18-13-15(4-5-17(18)23)28-9-11-29(12-10-28)19(31)14-30-22-16(3-2-6-26-22)20(27-30)21-24-7-8-25-21;/h2-8,13H,9-12,14H2,1H3,(H,24,25);1H4. The second-order valence-corrected chi connectivity index (χ2v) is 7.91. The molecule has 1 aliphatic rings. The highest BCUT2D eigenvalue weighted by Crippen LogP contribution is 2.30. The van der Waals surface area contributed by atoms with Crippen LogP contribution < -0.4 is 9.64 Å². The van der Waals surface area contributed by atoms with E-state index in [1.165, 1.54) is 0 Å². The van der Waals surface area contributed by atoms with Gasteiger partial charge in [-0.3, -0.25) is 4.79 Å². The van der Waals surface area contributed by atoms with E-state index in [1.54, 1.807) is 30.4 Å². The van der Waals surface area contributed by atoms with Crippen LogP contribution in [0.25, 0.3) is 22.6 Å². The van der Waals surface area contributed by atoms with Crippen LogP contribution in [0, 0.1) is 0 Å². The average Bonchev–Trinajstić information content (AvgIpc) is 3.48. The number of hydrogen-bond acceptors (Lipinski definition) is 6. The summed E-state index contributed by atoms with van der Waals surface area (Å²) < 4.78 is 6.98. The second-order valence-electron chi connectivity index (χ2n) is 7.51. The van der Waals surface area contributed by atoms with Gasteiger partial charge in [0, 0.05) is 56.5 Å². The normalized spacial score (nSPS) is 13.8. The van der Waals surface area contributed by atoms with E-state index in [0.717, 1.165) is 24.2 Å². The van der Waals surface area contributed by atoms with Gasteiger partial charge in [0.2, 0.25) is 5.91 Å². The van der Waals surface area contributed by atoms with Crippen molar-refractivity contribution in [3.63, 3.8) is 0 Å². The molecule has 4 aromatic rings. The van der Waals surface area contributed by atoms with Crippen LogP contribution in [-0.4, -0.2) is 68.8 Å². The Morgan fingerprint density at radius 1 is 1.15 bits per heavy atom. The molecule has 10 heteroatoms. The molecule has 1 fully saturated rings. The predicted molar refractivity (Wildman–Crippen MR) is 129 cm³/mol. The zero-order chi connectivity index (χ0) is 22.1. The zero-order valence-electron chi connectivity index (χ0n) is 17.5. The van der Waals surface area contributed by atoms with E-state index in [0.29, 0.717) is 41.0 Å². The molecular formula is C23H26ClN7O2. The molecule has 0 aliphatic carbocycles. The summed E-state index contributed by atoms with van der Waals surface area (Å²) in [5.74, 6) is 1.31. The van der Waals surface area contributed by atoms with E-state index in [4.69, 9.17) is 16.3 Å². The Morgan fingerprint density at radius 2 is 1.97 bits per heavy atom. The Balaban J connectivity index is 0.00000259. The van der Waals surface area contributed by atoms with Gasteiger partial charge in [-0.2, -0.15) is 5.10 Å². The minimum atomic E-state index is 0. The maximum Gasteiger partial charge on any atom is 0.244 e. The van der Waals surface area contributed by atoms with Gasteiger partial charge < -0.3 is 19.5 Å². The Kier molecular flexibility index (Phi) is 6.50. The van der Waals surface area contributed by atoms with Crippen molar-refractivity contribution in [2.45, 2.75) is 14.0 Å². The number of ether oxygens (including phenoxy) is 1. The molecule has 5 rings (SSSR count). The number of benzene rings is 1. The molecule has 1 N–H and O–H groups in total. The van der Waals surface area contributed by atoms with Crippen molar-refractivity contribution in [2.75, 3.05) is 38.2 Å². The molecule has 0 atom stereocenters. The lowest BCUT2D eigenvalue weighted by Gasteiger charge is -2.36. The van der Waals surface area contributed by atoms with Crippen molar-refractivity contribution in [3.05, 3.63) is 53.9 Å². The SMILES string of the molecule is C.COc1cc(N2CCN(C(=O)Cn3nc(-c4ncc[nH]4)c4cccnc43)CC2)ccc1Cl. The van der Waals surface area contributed by atoms with Crippen LogP contribution in [0.1, 0.15) is 7.43 Å². The highest BCUT2D eigenvalue weighted by molar-refractivity contribution is 6.32. The number of fused-ring (bicyclic) bond motifs is 1. The van der Waals surface area contributed by atoms with E-state index < -0.39 is 0 Å². The fraction of sp³-hybridized carbons (Fsp3) is 0.304. The Hall–Kier alpha value is -3.59. The predicted octanol–water partition coefficient (Wildman–Crippen LogP) is 3.47. The number of nitrogens with one attached hydrogen (secondary N) is 1. The van der Waals surface area contributed by atoms with Crippen molar-refractivity contribution in [1.29, 1.82) is 0 Å². The van der Waals surface area contributed by atoms with Gasteiger partial charge >= 0.3 is 0 Å². The summed E-state index contributed by atoms with van der Waals surface area (Å²) in [6.07, 6.45) is 5.13. The van der Waals surface area contributed by atoms with Gasteiger partial charge in [0.05, 0.1) is 17.5 Å². The van der Waals surface area contributed by atoms with Crippen LogP contribution in [0.4, 0.5) is 5.69 Å². The largest absolute Gasteiger partial charge is 0.495 e. The first kappa shape index (κ1) is 22.6. The summed E-state index contributed by atoms with van der Waals surface area (Å²) in [4.78, 5) is 29.0. The molecule has 0 unspecified atom stereocenters. The fourth-order valence-corrected chi connectivity index (χ4v) is 4.17. The van der Waals surface area contributed by atoms with Gasteiger partial charge in [-0.05, 0) is 24.3 Å². The fourth-order valence-electron chi connectivity index (χ4n) is 3.98. The van der Waals surface area contributed by atoms with Gasteiger partial charge in [-0.15, -0.1) is 0 Å². The third kappa shape index (κ3) is 4.36. The molecule has 9 nitrogen and oxygen atoms in total. The summed E-state index contributed by atoms with van der Waals surface area (Å²) in [5.41, 5.74) is 2.38. The molecule has 0 spiro atoms. The highest BCUT2D eigenvalue weighted by atomic mass is 35.5. The summed E-state index contributed by atoms with van der Waals surface area (Å²) in [5, 5.41) is 6.07. The molecule has 0 bridgehead atoms. The van der Waals surface area contributed by atoms with E-state index in [2.05, 4.69) is 25.0 Å². The molecule has 1 aromatic carbocycles. The lowest BCUT2D eigenvalue weighted by atomic mass is 10.2. The average molecular weight is 468 g/mol. The summed E-state index contributed by atoms with van der Waals surface area (Å²) in [7, 11) is 1.60. The van der Waals surface area contributed by atoms with Gasteiger partial charge in [-0.1, -0.05) is 19.0 Å². The van der Waals surface area contributed by atoms with E-state index in [9.17, 15) is 4.79 Å². The third-order valence-electron chi connectivity index (χ3n) is 5.65. The molecule has 4 heterocycles. The van der Waals surface area contributed by atoms with Crippen LogP contribution in [0.15, 0.2) is 48.9 Å². The molecule has 0 radical (unpaired) electrons. The van der Waals surface area contributed by atoms with Gasteiger partial charge in [0.25, 0.3) is 0 Å². The van der Waals surface area contributed by atoms with Crippen LogP contribution in [0.5, 0.6) is 5.75 Å². The summed E-state index contributed by atoms with van der Waals surface area (Å²) in [6, 6.07) is 9.53. The minimum absolute atomic E-state index is 0. The molecule has 1 aliphatic heterocycles. The first-order valence-corrected chi connectivity index (χ1v) is 10.7. The van der Waals surface area contributed by atoms with Crippen molar-refractivity contribution in [2.24, 2.45) is 0 Å². The van der Waals surface area contributed by atoms with E-state index in [1.807, 2.05) is 35.2 Å². The van der Waals surface area contributed by atoms with E-state index >= 15 is 0 Å². The lowest BCUT2D eigenvalue weighted by Crippen LogP contribution is -2.49. The highest BCUT2D eigenvalue weighted by Gasteiger charge is 2.24. The molecule has 3 aromatic heterocycles. The first-order chi connectivity index (χ1) is 15.6. The molecule has 1 amide bonds. The number of H-pyrrole nitrogens is 1. The smallest absolute Gasteiger partial charge is 0.244 e. The molecule has 0 saturated carbocycles. The number of halogens is 1. The number of aromatic nitrogens is 5.